The third-order valence-electron chi connectivity index (χ3n) is 3.78. The fourth-order valence-electron chi connectivity index (χ4n) is 2.45. The predicted molar refractivity (Wildman–Crippen MR) is 105 cm³/mol. The van der Waals surface area contributed by atoms with Gasteiger partial charge in [0.05, 0.1) is 21.1 Å². The van der Waals surface area contributed by atoms with Crippen molar-refractivity contribution in [3.05, 3.63) is 80.6 Å². The number of Topliss-reactive ketones (excluding diaryl/α,β-unsaturated/α-hetero) is 2. The van der Waals surface area contributed by atoms with Crippen LogP contribution in [0.15, 0.2) is 52.3 Å². The zero-order valence-electron chi connectivity index (χ0n) is 15.2. The smallest absolute Gasteiger partial charge is 0.293 e. The molecule has 0 N–H and O–H groups in total. The van der Waals surface area contributed by atoms with Crippen LogP contribution in [0.25, 0.3) is 0 Å². The van der Waals surface area contributed by atoms with Gasteiger partial charge >= 0.3 is 6.18 Å². The maximum Gasteiger partial charge on any atom is 0.417 e. The Bertz CT molecular complexity index is 1040. The molecule has 0 heterocycles. The third-order valence-corrected chi connectivity index (χ3v) is 6.08. The number of thioether (sulfide) groups is 2. The van der Waals surface area contributed by atoms with Crippen molar-refractivity contribution < 1.29 is 31.5 Å². The number of ketones is 2. The lowest BCUT2D eigenvalue weighted by atomic mass is 9.99. The Kier molecular flexibility index (Phi) is 7.81. The largest absolute Gasteiger partial charge is 0.417 e. The number of alkyl halides is 3. The van der Waals surface area contributed by atoms with Crippen LogP contribution < -0.4 is 0 Å². The molecule has 2 aromatic rings. The fraction of sp³-hybridized carbons (Fsp3) is 0.150. The molecule has 0 spiro atoms. The van der Waals surface area contributed by atoms with Gasteiger partial charge in [0.25, 0.3) is 0 Å². The van der Waals surface area contributed by atoms with E-state index in [9.17, 15) is 36.8 Å². The van der Waals surface area contributed by atoms with Crippen molar-refractivity contribution in [1.82, 2.24) is 0 Å². The van der Waals surface area contributed by atoms with Crippen LogP contribution in [0.4, 0.5) is 22.0 Å². The van der Waals surface area contributed by atoms with Gasteiger partial charge in [-0.3, -0.25) is 9.59 Å². The summed E-state index contributed by atoms with van der Waals surface area (Å²) in [5.41, 5.74) is -3.26. The number of nitriles is 1. The van der Waals surface area contributed by atoms with Gasteiger partial charge in [-0.05, 0) is 24.5 Å². The SMILES string of the molecule is CSC(SCC(=O)c1c(F)cccc1F)=C(C#N)C(=O)c1ccccc1C(F)(F)F. The van der Waals surface area contributed by atoms with E-state index in [1.807, 2.05) is 0 Å². The summed E-state index contributed by atoms with van der Waals surface area (Å²) in [6, 6.07) is 8.49. The van der Waals surface area contributed by atoms with Gasteiger partial charge < -0.3 is 0 Å². The number of hydrogen-bond donors (Lipinski definition) is 0. The average molecular weight is 457 g/mol. The second-order valence-electron chi connectivity index (χ2n) is 5.66. The number of rotatable bonds is 7. The van der Waals surface area contributed by atoms with Crippen LogP contribution in [-0.4, -0.2) is 23.6 Å². The summed E-state index contributed by atoms with van der Waals surface area (Å²) >= 11 is 1.51. The van der Waals surface area contributed by atoms with Crippen molar-refractivity contribution in [3.8, 4) is 6.07 Å². The highest BCUT2D eigenvalue weighted by molar-refractivity contribution is 8.22. The molecule has 0 aliphatic carbocycles. The van der Waals surface area contributed by atoms with Crippen molar-refractivity contribution in [2.45, 2.75) is 6.18 Å². The molecule has 3 nitrogen and oxygen atoms in total. The molecular weight excluding hydrogens is 445 g/mol. The van der Waals surface area contributed by atoms with E-state index in [1.54, 1.807) is 6.07 Å². The van der Waals surface area contributed by atoms with Crippen LogP contribution in [0.2, 0.25) is 0 Å². The van der Waals surface area contributed by atoms with Crippen LogP contribution in [0, 0.1) is 23.0 Å². The second-order valence-corrected chi connectivity index (χ2v) is 7.72. The molecular formula is C20H12F5NO2S2. The summed E-state index contributed by atoms with van der Waals surface area (Å²) in [4.78, 5) is 24.8. The Morgan fingerprint density at radius 2 is 1.63 bits per heavy atom. The Labute approximate surface area is 177 Å². The zero-order valence-corrected chi connectivity index (χ0v) is 16.9. The number of hydrogen-bond acceptors (Lipinski definition) is 5. The van der Waals surface area contributed by atoms with Gasteiger partial charge in [0.2, 0.25) is 5.78 Å². The molecule has 0 aliphatic rings. The minimum atomic E-state index is -4.81. The van der Waals surface area contributed by atoms with E-state index >= 15 is 0 Å². The highest BCUT2D eigenvalue weighted by Gasteiger charge is 2.36. The zero-order chi connectivity index (χ0) is 22.5. The van der Waals surface area contributed by atoms with Crippen LogP contribution in [0.5, 0.6) is 0 Å². The molecule has 0 aliphatic heterocycles. The maximum absolute atomic E-state index is 13.7. The van der Waals surface area contributed by atoms with Gasteiger partial charge in [0.15, 0.2) is 5.78 Å². The molecule has 156 valence electrons. The third kappa shape index (κ3) is 5.29. The van der Waals surface area contributed by atoms with Crippen molar-refractivity contribution in [2.24, 2.45) is 0 Å². The first-order valence-electron chi connectivity index (χ1n) is 8.11. The van der Waals surface area contributed by atoms with Crippen LogP contribution in [0.1, 0.15) is 26.3 Å². The molecule has 0 bridgehead atoms. The molecule has 0 aromatic heterocycles. The van der Waals surface area contributed by atoms with Gasteiger partial charge in [0.1, 0.15) is 23.3 Å². The van der Waals surface area contributed by atoms with Gasteiger partial charge in [0, 0.05) is 5.56 Å². The molecule has 0 unspecified atom stereocenters. The lowest BCUT2D eigenvalue weighted by molar-refractivity contribution is -0.137. The predicted octanol–water partition coefficient (Wildman–Crippen LogP) is 5.88. The molecule has 30 heavy (non-hydrogen) atoms. The molecule has 0 atom stereocenters. The first-order chi connectivity index (χ1) is 14.1. The number of allylic oxidation sites excluding steroid dienone is 1. The maximum atomic E-state index is 13.7. The standard InChI is InChI=1S/C20H12F5NO2S2/c1-29-19(30-10-16(27)17-14(21)7-4-8-15(17)22)12(9-26)18(28)11-5-2-3-6-13(11)20(23,24)25/h2-8H,10H2,1H3. The Morgan fingerprint density at radius 3 is 2.17 bits per heavy atom. The molecule has 0 fully saturated rings. The lowest BCUT2D eigenvalue weighted by Crippen LogP contribution is -2.15. The molecule has 0 radical (unpaired) electrons. The summed E-state index contributed by atoms with van der Waals surface area (Å²) < 4.78 is 67.0. The molecule has 0 amide bonds. The summed E-state index contributed by atoms with van der Waals surface area (Å²) in [7, 11) is 0. The van der Waals surface area contributed by atoms with Crippen LogP contribution >= 0.6 is 23.5 Å². The Balaban J connectivity index is 2.37. The minimum Gasteiger partial charge on any atom is -0.293 e. The van der Waals surface area contributed by atoms with Gasteiger partial charge in [-0.2, -0.15) is 18.4 Å². The highest BCUT2D eigenvalue weighted by Crippen LogP contribution is 2.36. The van der Waals surface area contributed by atoms with E-state index in [0.29, 0.717) is 11.8 Å². The fourth-order valence-corrected chi connectivity index (χ4v) is 4.13. The Hall–Kier alpha value is -2.64. The van der Waals surface area contributed by atoms with Crippen molar-refractivity contribution >= 4 is 35.1 Å². The van der Waals surface area contributed by atoms with Crippen LogP contribution in [-0.2, 0) is 6.18 Å². The minimum absolute atomic E-state index is 0.0374. The Morgan fingerprint density at radius 1 is 1.03 bits per heavy atom. The van der Waals surface area contributed by atoms with E-state index in [-0.39, 0.29) is 4.24 Å². The topological polar surface area (TPSA) is 57.9 Å². The number of nitrogens with zero attached hydrogens (tertiary/aromatic N) is 1. The molecule has 0 saturated carbocycles. The number of halogens is 5. The summed E-state index contributed by atoms with van der Waals surface area (Å²) in [5.74, 6) is -4.74. The molecule has 0 saturated heterocycles. The van der Waals surface area contributed by atoms with Gasteiger partial charge in [-0.1, -0.05) is 24.3 Å². The summed E-state index contributed by atoms with van der Waals surface area (Å²) in [5, 5.41) is 9.38. The molecule has 10 heteroatoms. The van der Waals surface area contributed by atoms with E-state index in [4.69, 9.17) is 0 Å². The highest BCUT2D eigenvalue weighted by atomic mass is 32.2. The number of benzene rings is 2. The van der Waals surface area contributed by atoms with E-state index in [2.05, 4.69) is 0 Å². The summed E-state index contributed by atoms with van der Waals surface area (Å²) in [6.07, 6.45) is -3.35. The van der Waals surface area contributed by atoms with Gasteiger partial charge in [-0.25, -0.2) is 8.78 Å². The van der Waals surface area contributed by atoms with Crippen molar-refractivity contribution in [1.29, 1.82) is 5.26 Å². The molecule has 2 rings (SSSR count). The first-order valence-corrected chi connectivity index (χ1v) is 10.3. The average Bonchev–Trinajstić information content (AvgIpc) is 2.70. The lowest BCUT2D eigenvalue weighted by Gasteiger charge is -2.13. The van der Waals surface area contributed by atoms with Crippen molar-refractivity contribution in [2.75, 3.05) is 12.0 Å². The van der Waals surface area contributed by atoms with Gasteiger partial charge in [-0.15, -0.1) is 23.5 Å². The number of carbonyl (C=O) groups is 2. The van der Waals surface area contributed by atoms with Crippen LogP contribution in [0.3, 0.4) is 0 Å². The summed E-state index contributed by atoms with van der Waals surface area (Å²) in [6.45, 7) is 0. The first kappa shape index (κ1) is 23.6. The van der Waals surface area contributed by atoms with Crippen molar-refractivity contribution in [3.63, 3.8) is 0 Å². The van der Waals surface area contributed by atoms with E-state index in [0.717, 1.165) is 48.2 Å². The second kappa shape index (κ2) is 9.91. The number of carbonyl (C=O) groups excluding carboxylic acids is 2. The quantitative estimate of drug-likeness (QED) is 0.225. The molecule has 2 aromatic carbocycles. The normalized spacial score (nSPS) is 12.2. The monoisotopic (exact) mass is 457 g/mol. The van der Waals surface area contributed by atoms with E-state index in [1.165, 1.54) is 12.3 Å². The van der Waals surface area contributed by atoms with E-state index < -0.39 is 57.4 Å².